The van der Waals surface area contributed by atoms with Crippen LogP contribution in [0, 0.1) is 0 Å². The van der Waals surface area contributed by atoms with Crippen molar-refractivity contribution >= 4 is 24.8 Å². The molecule has 1 aromatic heterocycles. The third kappa shape index (κ3) is 7.37. The zero-order valence-electron chi connectivity index (χ0n) is 22.5. The average molecular weight is 481 g/mol. The first-order valence-corrected chi connectivity index (χ1v) is 11.6. The van der Waals surface area contributed by atoms with Crippen molar-refractivity contribution in [1.82, 2.24) is 14.7 Å². The monoisotopic (exact) mass is 481 g/mol. The summed E-state index contributed by atoms with van der Waals surface area (Å²) in [7, 11) is 0.904. The zero-order chi connectivity index (χ0) is 26.1. The first-order valence-electron chi connectivity index (χ1n) is 11.6. The summed E-state index contributed by atoms with van der Waals surface area (Å²) in [5, 5.41) is 4.29. The van der Waals surface area contributed by atoms with Gasteiger partial charge in [0.2, 0.25) is 5.88 Å². The van der Waals surface area contributed by atoms with E-state index < -0.39 is 41.7 Å². The quantitative estimate of drug-likeness (QED) is 0.449. The van der Waals surface area contributed by atoms with Gasteiger partial charge in [0.15, 0.2) is 0 Å². The Morgan fingerprint density at radius 3 is 2.06 bits per heavy atom. The number of aromatic nitrogens is 2. The van der Waals surface area contributed by atoms with Crippen molar-refractivity contribution in [1.29, 1.82) is 0 Å². The molecule has 2 heterocycles. The van der Waals surface area contributed by atoms with Gasteiger partial charge in [0, 0.05) is 19.8 Å². The van der Waals surface area contributed by atoms with Crippen molar-refractivity contribution in [2.45, 2.75) is 98.1 Å². The highest BCUT2D eigenvalue weighted by molar-refractivity contribution is 6.63. The molecule has 1 fully saturated rings. The fourth-order valence-corrected chi connectivity index (χ4v) is 2.92. The van der Waals surface area contributed by atoms with E-state index in [1.165, 1.54) is 11.1 Å². The molecule has 1 aliphatic rings. The van der Waals surface area contributed by atoms with Crippen molar-refractivity contribution in [3.8, 4) is 5.88 Å². The second kappa shape index (κ2) is 9.77. The van der Waals surface area contributed by atoms with Crippen LogP contribution in [-0.2, 0) is 18.8 Å². The molecule has 11 heteroatoms. The Kier molecular flexibility index (Phi) is 8.04. The predicted molar refractivity (Wildman–Crippen MR) is 129 cm³/mol. The van der Waals surface area contributed by atoms with Crippen LogP contribution in [0.3, 0.4) is 0 Å². The number of hydrogen-bond acceptors (Lipinski definition) is 8. The molecule has 2 rings (SSSR count). The van der Waals surface area contributed by atoms with Crippen molar-refractivity contribution in [3.05, 3.63) is 6.20 Å². The van der Waals surface area contributed by atoms with Crippen molar-refractivity contribution in [2.24, 2.45) is 0 Å². The summed E-state index contributed by atoms with van der Waals surface area (Å²) in [6.45, 7) is 19.2. The van der Waals surface area contributed by atoms with E-state index in [1.807, 2.05) is 48.5 Å². The molecule has 1 amide bonds. The van der Waals surface area contributed by atoms with Gasteiger partial charge in [-0.1, -0.05) is 0 Å². The van der Waals surface area contributed by atoms with Crippen molar-refractivity contribution in [2.75, 3.05) is 20.2 Å². The molecule has 0 aromatic carbocycles. The molecule has 0 unspecified atom stereocenters. The van der Waals surface area contributed by atoms with Crippen LogP contribution < -0.4 is 10.2 Å². The molecule has 1 aromatic rings. The van der Waals surface area contributed by atoms with E-state index in [0.29, 0.717) is 18.4 Å². The Morgan fingerprint density at radius 1 is 1.03 bits per heavy atom. The molecule has 0 atom stereocenters. The molecule has 0 aliphatic carbocycles. The summed E-state index contributed by atoms with van der Waals surface area (Å²) in [4.78, 5) is 26.2. The molecular formula is C23H40BN3O7. The summed E-state index contributed by atoms with van der Waals surface area (Å²) in [5.74, 6) is 0.212. The smallest absolute Gasteiger partial charge is 0.477 e. The lowest BCUT2D eigenvalue weighted by atomic mass is 9.81. The molecule has 1 aliphatic heterocycles. The van der Waals surface area contributed by atoms with Gasteiger partial charge in [0.05, 0.1) is 23.3 Å². The largest absolute Gasteiger partial charge is 0.502 e. The first kappa shape index (κ1) is 28.0. The lowest BCUT2D eigenvalue weighted by Crippen LogP contribution is -2.41. The van der Waals surface area contributed by atoms with Gasteiger partial charge in [-0.05, 0) is 75.7 Å². The van der Waals surface area contributed by atoms with Crippen LogP contribution >= 0.6 is 0 Å². The van der Waals surface area contributed by atoms with E-state index in [1.54, 1.807) is 27.8 Å². The van der Waals surface area contributed by atoms with E-state index in [2.05, 4.69) is 5.10 Å². The maximum atomic E-state index is 12.6. The number of nitrogens with zero attached hydrogens (tertiary/aromatic N) is 3. The minimum atomic E-state index is -0.763. The van der Waals surface area contributed by atoms with Gasteiger partial charge in [-0.2, -0.15) is 4.68 Å². The molecule has 0 saturated carbocycles. The summed E-state index contributed by atoms with van der Waals surface area (Å²) in [5.41, 5.74) is -1.89. The highest BCUT2D eigenvalue weighted by Crippen LogP contribution is 2.37. The van der Waals surface area contributed by atoms with Gasteiger partial charge < -0.3 is 28.4 Å². The Hall–Kier alpha value is -2.27. The maximum absolute atomic E-state index is 12.6. The van der Waals surface area contributed by atoms with E-state index in [0.717, 1.165) is 4.68 Å². The maximum Gasteiger partial charge on any atom is 0.502 e. The highest BCUT2D eigenvalue weighted by atomic mass is 16.7. The molecule has 0 radical (unpaired) electrons. The standard InChI is InChI=1S/C23H40BN3O7/c1-20(2,3)31-18(28)26(11)13-12-14-30-17-16(24-33-22(7,8)23(9,10)34-24)15-27(25-17)19(29)32-21(4,5)6/h15H,12-14H2,1-11H3. The summed E-state index contributed by atoms with van der Waals surface area (Å²) in [6.07, 6.45) is 1.00. The summed E-state index contributed by atoms with van der Waals surface area (Å²) < 4.78 is 30.0. The van der Waals surface area contributed by atoms with E-state index in [4.69, 9.17) is 23.5 Å². The molecule has 10 nitrogen and oxygen atoms in total. The molecule has 0 bridgehead atoms. The lowest BCUT2D eigenvalue weighted by molar-refractivity contribution is 0.00578. The fourth-order valence-electron chi connectivity index (χ4n) is 2.92. The van der Waals surface area contributed by atoms with Gasteiger partial charge in [-0.3, -0.25) is 0 Å². The number of hydrogen-bond donors (Lipinski definition) is 0. The third-order valence-electron chi connectivity index (χ3n) is 5.38. The van der Waals surface area contributed by atoms with Crippen LogP contribution in [0.15, 0.2) is 6.20 Å². The average Bonchev–Trinajstić information content (AvgIpc) is 3.14. The lowest BCUT2D eigenvalue weighted by Gasteiger charge is -2.32. The number of ether oxygens (including phenoxy) is 3. The van der Waals surface area contributed by atoms with Crippen LogP contribution in [-0.4, -0.2) is 76.6 Å². The molecule has 34 heavy (non-hydrogen) atoms. The second-order valence-corrected chi connectivity index (χ2v) is 11.5. The predicted octanol–water partition coefficient (Wildman–Crippen LogP) is 3.60. The Bertz CT molecular complexity index is 868. The Labute approximate surface area is 203 Å². The van der Waals surface area contributed by atoms with Gasteiger partial charge in [0.1, 0.15) is 11.2 Å². The number of carbonyl (C=O) groups excluding carboxylic acids is 2. The molecule has 0 N–H and O–H groups in total. The van der Waals surface area contributed by atoms with Gasteiger partial charge in [-0.25, -0.2) is 9.59 Å². The Morgan fingerprint density at radius 2 is 1.56 bits per heavy atom. The SMILES string of the molecule is CN(CCCOc1nn(C(=O)OC(C)(C)C)cc1B1OC(C)(C)C(C)(C)O1)C(=O)OC(C)(C)C. The normalized spacial score (nSPS) is 17.4. The van der Waals surface area contributed by atoms with Gasteiger partial charge in [0.25, 0.3) is 0 Å². The summed E-state index contributed by atoms with van der Waals surface area (Å²) >= 11 is 0. The highest BCUT2D eigenvalue weighted by Gasteiger charge is 2.53. The minimum absolute atomic E-state index is 0.212. The van der Waals surface area contributed by atoms with Crippen molar-refractivity contribution < 1.29 is 33.1 Å². The topological polar surface area (TPSA) is 101 Å². The van der Waals surface area contributed by atoms with Crippen LogP contribution in [0.4, 0.5) is 9.59 Å². The third-order valence-corrected chi connectivity index (χ3v) is 5.38. The summed E-state index contributed by atoms with van der Waals surface area (Å²) in [6, 6.07) is 0. The van der Waals surface area contributed by atoms with Gasteiger partial charge in [-0.15, -0.1) is 5.10 Å². The number of carbonyl (C=O) groups is 2. The van der Waals surface area contributed by atoms with E-state index in [9.17, 15) is 9.59 Å². The molecular weight excluding hydrogens is 441 g/mol. The number of rotatable bonds is 6. The van der Waals surface area contributed by atoms with Gasteiger partial charge >= 0.3 is 19.3 Å². The molecule has 192 valence electrons. The van der Waals surface area contributed by atoms with Crippen LogP contribution in [0.25, 0.3) is 0 Å². The van der Waals surface area contributed by atoms with E-state index >= 15 is 0 Å². The second-order valence-electron chi connectivity index (χ2n) is 11.5. The van der Waals surface area contributed by atoms with Crippen molar-refractivity contribution in [3.63, 3.8) is 0 Å². The Balaban J connectivity index is 2.12. The minimum Gasteiger partial charge on any atom is -0.477 e. The van der Waals surface area contributed by atoms with Crippen LogP contribution in [0.5, 0.6) is 5.88 Å². The fraction of sp³-hybridized carbons (Fsp3) is 0.783. The van der Waals surface area contributed by atoms with E-state index in [-0.39, 0.29) is 12.5 Å². The number of amides is 1. The molecule has 1 saturated heterocycles. The van der Waals surface area contributed by atoms with Crippen LogP contribution in [0.1, 0.15) is 75.7 Å². The van der Waals surface area contributed by atoms with Crippen LogP contribution in [0.2, 0.25) is 0 Å². The first-order chi connectivity index (χ1) is 15.3. The zero-order valence-corrected chi connectivity index (χ0v) is 22.5. The molecule has 0 spiro atoms.